The zero-order valence-corrected chi connectivity index (χ0v) is 18.0. The first-order valence-corrected chi connectivity index (χ1v) is 11.8. The van der Waals surface area contributed by atoms with Crippen LogP contribution in [0.5, 0.6) is 0 Å². The molecule has 1 amide bonds. The SMILES string of the molecule is CCCN1CCN(C(=O)c2ccc(-c3ccc(N4CCSCC4)nc3)cc2)CC1. The van der Waals surface area contributed by atoms with Crippen molar-refractivity contribution in [2.75, 3.05) is 62.2 Å². The molecule has 0 N–H and O–H groups in total. The van der Waals surface area contributed by atoms with Gasteiger partial charge in [0.1, 0.15) is 5.82 Å². The van der Waals surface area contributed by atoms with E-state index in [2.05, 4.69) is 33.8 Å². The smallest absolute Gasteiger partial charge is 0.253 e. The zero-order chi connectivity index (χ0) is 20.1. The van der Waals surface area contributed by atoms with E-state index in [9.17, 15) is 4.79 Å². The molecular formula is C23H30N4OS. The Kier molecular flexibility index (Phi) is 6.72. The van der Waals surface area contributed by atoms with Gasteiger partial charge in [0.25, 0.3) is 5.91 Å². The molecule has 2 saturated heterocycles. The van der Waals surface area contributed by atoms with Crippen LogP contribution < -0.4 is 4.90 Å². The van der Waals surface area contributed by atoms with E-state index in [1.807, 2.05) is 47.1 Å². The summed E-state index contributed by atoms with van der Waals surface area (Å²) in [4.78, 5) is 24.3. The molecule has 4 rings (SSSR count). The molecule has 154 valence electrons. The number of carbonyl (C=O) groups is 1. The molecule has 2 aliphatic heterocycles. The Morgan fingerprint density at radius 1 is 0.931 bits per heavy atom. The van der Waals surface area contributed by atoms with Gasteiger partial charge in [-0.1, -0.05) is 19.1 Å². The minimum atomic E-state index is 0.143. The van der Waals surface area contributed by atoms with Crippen LogP contribution in [0, 0.1) is 0 Å². The molecule has 2 aromatic rings. The Hall–Kier alpha value is -2.05. The molecule has 0 aliphatic carbocycles. The minimum Gasteiger partial charge on any atom is -0.355 e. The summed E-state index contributed by atoms with van der Waals surface area (Å²) >= 11 is 2.01. The fourth-order valence-corrected chi connectivity index (χ4v) is 4.92. The molecular weight excluding hydrogens is 380 g/mol. The van der Waals surface area contributed by atoms with Crippen molar-refractivity contribution in [2.24, 2.45) is 0 Å². The van der Waals surface area contributed by atoms with Gasteiger partial charge in [0.05, 0.1) is 0 Å². The van der Waals surface area contributed by atoms with Gasteiger partial charge in [-0.15, -0.1) is 0 Å². The number of anilines is 1. The van der Waals surface area contributed by atoms with Crippen molar-refractivity contribution in [2.45, 2.75) is 13.3 Å². The van der Waals surface area contributed by atoms with Gasteiger partial charge in [0.2, 0.25) is 0 Å². The Bertz CT molecular complexity index is 795. The van der Waals surface area contributed by atoms with E-state index in [1.54, 1.807) is 0 Å². The molecule has 0 atom stereocenters. The molecule has 0 bridgehead atoms. The first-order valence-electron chi connectivity index (χ1n) is 10.7. The fourth-order valence-electron chi connectivity index (χ4n) is 4.01. The van der Waals surface area contributed by atoms with Gasteiger partial charge < -0.3 is 9.80 Å². The third kappa shape index (κ3) is 4.93. The Morgan fingerprint density at radius 3 is 2.24 bits per heavy atom. The molecule has 29 heavy (non-hydrogen) atoms. The summed E-state index contributed by atoms with van der Waals surface area (Å²) in [7, 11) is 0. The fraction of sp³-hybridized carbons (Fsp3) is 0.478. The molecule has 6 heteroatoms. The number of pyridine rings is 1. The quantitative estimate of drug-likeness (QED) is 0.755. The van der Waals surface area contributed by atoms with E-state index in [1.165, 1.54) is 17.9 Å². The van der Waals surface area contributed by atoms with Crippen molar-refractivity contribution in [3.05, 3.63) is 48.2 Å². The second-order valence-electron chi connectivity index (χ2n) is 7.72. The number of piperazine rings is 1. The molecule has 1 aromatic heterocycles. The van der Waals surface area contributed by atoms with E-state index in [-0.39, 0.29) is 5.91 Å². The number of thioether (sulfide) groups is 1. The van der Waals surface area contributed by atoms with Gasteiger partial charge in [-0.3, -0.25) is 9.69 Å². The van der Waals surface area contributed by atoms with Crippen LogP contribution in [-0.2, 0) is 0 Å². The van der Waals surface area contributed by atoms with Crippen LogP contribution in [-0.4, -0.2) is 78.0 Å². The highest BCUT2D eigenvalue weighted by Gasteiger charge is 2.21. The lowest BCUT2D eigenvalue weighted by molar-refractivity contribution is 0.0637. The van der Waals surface area contributed by atoms with E-state index in [0.717, 1.165) is 68.3 Å². The van der Waals surface area contributed by atoms with E-state index < -0.39 is 0 Å². The number of nitrogens with zero attached hydrogens (tertiary/aromatic N) is 4. The molecule has 0 saturated carbocycles. The standard InChI is InChI=1S/C23H30N4OS/c1-2-9-25-10-12-27(13-11-25)23(28)20-5-3-19(4-6-20)21-7-8-22(24-18-21)26-14-16-29-17-15-26/h3-8,18H,2,9-17H2,1H3. The van der Waals surface area contributed by atoms with Crippen molar-refractivity contribution >= 4 is 23.5 Å². The second kappa shape index (κ2) is 9.63. The van der Waals surface area contributed by atoms with Crippen LogP contribution in [0.4, 0.5) is 5.82 Å². The maximum absolute atomic E-state index is 12.8. The highest BCUT2D eigenvalue weighted by Crippen LogP contribution is 2.23. The zero-order valence-electron chi connectivity index (χ0n) is 17.2. The summed E-state index contributed by atoms with van der Waals surface area (Å²) in [5.74, 6) is 3.55. The van der Waals surface area contributed by atoms with Crippen LogP contribution in [0.2, 0.25) is 0 Å². The predicted molar refractivity (Wildman–Crippen MR) is 122 cm³/mol. The molecule has 5 nitrogen and oxygen atoms in total. The average molecular weight is 411 g/mol. The summed E-state index contributed by atoms with van der Waals surface area (Å²) in [6.07, 6.45) is 3.11. The number of rotatable bonds is 5. The predicted octanol–water partition coefficient (Wildman–Crippen LogP) is 3.47. The maximum Gasteiger partial charge on any atom is 0.253 e. The van der Waals surface area contributed by atoms with Crippen molar-refractivity contribution in [3.63, 3.8) is 0 Å². The van der Waals surface area contributed by atoms with Crippen molar-refractivity contribution in [3.8, 4) is 11.1 Å². The highest BCUT2D eigenvalue weighted by atomic mass is 32.2. The minimum absolute atomic E-state index is 0.143. The summed E-state index contributed by atoms with van der Waals surface area (Å²) < 4.78 is 0. The monoisotopic (exact) mass is 410 g/mol. The summed E-state index contributed by atoms with van der Waals surface area (Å²) in [6, 6.07) is 12.2. The van der Waals surface area contributed by atoms with Gasteiger partial charge in [-0.2, -0.15) is 11.8 Å². The van der Waals surface area contributed by atoms with Crippen LogP contribution in [0.3, 0.4) is 0 Å². The Morgan fingerprint density at radius 2 is 1.62 bits per heavy atom. The Labute approximate surface area is 178 Å². The molecule has 0 spiro atoms. The number of hydrogen-bond acceptors (Lipinski definition) is 5. The maximum atomic E-state index is 12.8. The van der Waals surface area contributed by atoms with Gasteiger partial charge >= 0.3 is 0 Å². The molecule has 2 fully saturated rings. The van der Waals surface area contributed by atoms with Gasteiger partial charge in [0, 0.05) is 68.1 Å². The lowest BCUT2D eigenvalue weighted by Gasteiger charge is -2.34. The van der Waals surface area contributed by atoms with Crippen molar-refractivity contribution < 1.29 is 4.79 Å². The van der Waals surface area contributed by atoms with Crippen LogP contribution in [0.15, 0.2) is 42.6 Å². The summed E-state index contributed by atoms with van der Waals surface area (Å²) in [5.41, 5.74) is 2.96. The van der Waals surface area contributed by atoms with Gasteiger partial charge in [-0.25, -0.2) is 4.98 Å². The normalized spacial score (nSPS) is 18.1. The number of benzene rings is 1. The van der Waals surface area contributed by atoms with E-state index in [0.29, 0.717) is 0 Å². The van der Waals surface area contributed by atoms with Crippen molar-refractivity contribution in [1.29, 1.82) is 0 Å². The van der Waals surface area contributed by atoms with Gasteiger partial charge in [0.15, 0.2) is 0 Å². The molecule has 2 aliphatic rings. The number of carbonyl (C=O) groups excluding carboxylic acids is 1. The molecule has 1 aromatic carbocycles. The summed E-state index contributed by atoms with van der Waals surface area (Å²) in [6.45, 7) is 9.06. The lowest BCUT2D eigenvalue weighted by Crippen LogP contribution is -2.48. The lowest BCUT2D eigenvalue weighted by atomic mass is 10.0. The molecule has 3 heterocycles. The number of hydrogen-bond donors (Lipinski definition) is 0. The Balaban J connectivity index is 1.38. The van der Waals surface area contributed by atoms with Crippen LogP contribution in [0.25, 0.3) is 11.1 Å². The average Bonchev–Trinajstić information content (AvgIpc) is 2.80. The summed E-state index contributed by atoms with van der Waals surface area (Å²) in [5, 5.41) is 0. The third-order valence-corrected chi connectivity index (χ3v) is 6.69. The molecule has 0 radical (unpaired) electrons. The largest absolute Gasteiger partial charge is 0.355 e. The number of amides is 1. The van der Waals surface area contributed by atoms with E-state index >= 15 is 0 Å². The first kappa shape index (κ1) is 20.2. The first-order chi connectivity index (χ1) is 14.2. The topological polar surface area (TPSA) is 39.7 Å². The third-order valence-electron chi connectivity index (χ3n) is 5.75. The molecule has 0 unspecified atom stereocenters. The number of aromatic nitrogens is 1. The highest BCUT2D eigenvalue weighted by molar-refractivity contribution is 7.99. The second-order valence-corrected chi connectivity index (χ2v) is 8.94. The van der Waals surface area contributed by atoms with E-state index in [4.69, 9.17) is 0 Å². The van der Waals surface area contributed by atoms with Crippen molar-refractivity contribution in [1.82, 2.24) is 14.8 Å². The van der Waals surface area contributed by atoms with Crippen LogP contribution >= 0.6 is 11.8 Å². The van der Waals surface area contributed by atoms with Crippen LogP contribution in [0.1, 0.15) is 23.7 Å². The van der Waals surface area contributed by atoms with Gasteiger partial charge in [-0.05, 0) is 42.8 Å².